The summed E-state index contributed by atoms with van der Waals surface area (Å²) in [7, 11) is 0. The second kappa shape index (κ2) is 7.04. The predicted octanol–water partition coefficient (Wildman–Crippen LogP) is 3.26. The van der Waals surface area contributed by atoms with E-state index < -0.39 is 11.6 Å². The molecule has 3 aromatic rings. The van der Waals surface area contributed by atoms with E-state index >= 15 is 0 Å². The lowest BCUT2D eigenvalue weighted by atomic mass is 10.1. The average molecular weight is 346 g/mol. The monoisotopic (exact) mass is 346 g/mol. The summed E-state index contributed by atoms with van der Waals surface area (Å²) in [6.07, 6.45) is 4.49. The maximum absolute atomic E-state index is 13.8. The number of H-pyrrole nitrogens is 1. The first-order chi connectivity index (χ1) is 12.0. The Morgan fingerprint density at radius 3 is 2.88 bits per heavy atom. The molecule has 0 aliphatic heterocycles. The first-order valence-corrected chi connectivity index (χ1v) is 8.24. The lowest BCUT2D eigenvalue weighted by Gasteiger charge is -2.15. The van der Waals surface area contributed by atoms with Crippen LogP contribution in [0.4, 0.5) is 8.78 Å². The van der Waals surface area contributed by atoms with Crippen molar-refractivity contribution in [2.75, 3.05) is 6.54 Å². The fourth-order valence-corrected chi connectivity index (χ4v) is 3.11. The van der Waals surface area contributed by atoms with Crippen LogP contribution in [0.15, 0.2) is 30.6 Å². The van der Waals surface area contributed by atoms with Crippen LogP contribution in [-0.4, -0.2) is 27.2 Å². The molecule has 0 aliphatic rings. The molecule has 0 saturated heterocycles. The van der Waals surface area contributed by atoms with Crippen molar-refractivity contribution in [3.8, 4) is 0 Å². The van der Waals surface area contributed by atoms with Gasteiger partial charge in [0.05, 0.1) is 5.52 Å². The van der Waals surface area contributed by atoms with Crippen LogP contribution in [0.2, 0.25) is 0 Å². The number of aromatic nitrogens is 3. The second-order valence-corrected chi connectivity index (χ2v) is 5.99. The summed E-state index contributed by atoms with van der Waals surface area (Å²) in [5.41, 5.74) is 1.87. The SMILES string of the molecule is CC[C@@H](C(=O)NCCc1c(C)[nH]c2c(F)cc(F)cc12)n1cccn1. The van der Waals surface area contributed by atoms with Crippen molar-refractivity contribution >= 4 is 16.8 Å². The molecule has 2 N–H and O–H groups in total. The van der Waals surface area contributed by atoms with Crippen LogP contribution >= 0.6 is 0 Å². The summed E-state index contributed by atoms with van der Waals surface area (Å²) in [6.45, 7) is 4.11. The van der Waals surface area contributed by atoms with E-state index in [4.69, 9.17) is 0 Å². The average Bonchev–Trinajstić information content (AvgIpc) is 3.18. The number of rotatable bonds is 6. The normalized spacial score (nSPS) is 12.5. The number of carbonyl (C=O) groups is 1. The number of nitrogens with zero attached hydrogens (tertiary/aromatic N) is 2. The molecular weight excluding hydrogens is 326 g/mol. The van der Waals surface area contributed by atoms with Crippen molar-refractivity contribution in [1.29, 1.82) is 0 Å². The van der Waals surface area contributed by atoms with E-state index in [0.717, 1.165) is 17.3 Å². The molecule has 1 aromatic carbocycles. The Bertz CT molecular complexity index is 886. The van der Waals surface area contributed by atoms with Gasteiger partial charge in [0.1, 0.15) is 17.7 Å². The first-order valence-electron chi connectivity index (χ1n) is 8.24. The molecule has 0 bridgehead atoms. The molecule has 1 atom stereocenters. The number of hydrogen-bond donors (Lipinski definition) is 2. The number of aromatic amines is 1. The molecule has 3 rings (SSSR count). The first kappa shape index (κ1) is 17.1. The molecule has 0 aliphatic carbocycles. The highest BCUT2D eigenvalue weighted by molar-refractivity contribution is 5.85. The molecule has 7 heteroatoms. The van der Waals surface area contributed by atoms with E-state index in [9.17, 15) is 13.6 Å². The highest BCUT2D eigenvalue weighted by Crippen LogP contribution is 2.26. The zero-order valence-electron chi connectivity index (χ0n) is 14.1. The van der Waals surface area contributed by atoms with E-state index in [-0.39, 0.29) is 11.9 Å². The van der Waals surface area contributed by atoms with Gasteiger partial charge in [-0.2, -0.15) is 5.10 Å². The van der Waals surface area contributed by atoms with Gasteiger partial charge in [0.15, 0.2) is 0 Å². The van der Waals surface area contributed by atoms with Crippen LogP contribution in [0.1, 0.15) is 30.6 Å². The number of fused-ring (bicyclic) bond motifs is 1. The van der Waals surface area contributed by atoms with Gasteiger partial charge in [-0.15, -0.1) is 0 Å². The standard InChI is InChI=1S/C18H20F2N4O/c1-3-16(24-8-4-6-22-24)18(25)21-7-5-13-11(2)23-17-14(13)9-12(19)10-15(17)20/h4,6,8-10,16,23H,3,5,7H2,1-2H3,(H,21,25)/t16-/m0/s1. The van der Waals surface area contributed by atoms with E-state index in [2.05, 4.69) is 15.4 Å². The molecule has 2 heterocycles. The van der Waals surface area contributed by atoms with Crippen LogP contribution in [0.25, 0.3) is 10.9 Å². The van der Waals surface area contributed by atoms with Gasteiger partial charge >= 0.3 is 0 Å². The quantitative estimate of drug-likeness (QED) is 0.720. The lowest BCUT2D eigenvalue weighted by molar-refractivity contribution is -0.124. The van der Waals surface area contributed by atoms with Crippen molar-refractivity contribution < 1.29 is 13.6 Å². The van der Waals surface area contributed by atoms with Crippen molar-refractivity contribution in [3.05, 3.63) is 53.5 Å². The van der Waals surface area contributed by atoms with Crippen molar-refractivity contribution in [2.45, 2.75) is 32.7 Å². The minimum absolute atomic E-state index is 0.124. The molecular formula is C18H20F2N4O. The number of hydrogen-bond acceptors (Lipinski definition) is 2. The van der Waals surface area contributed by atoms with E-state index in [0.29, 0.717) is 30.3 Å². The Labute approximate surface area is 144 Å². The molecule has 0 fully saturated rings. The van der Waals surface area contributed by atoms with Crippen molar-refractivity contribution in [3.63, 3.8) is 0 Å². The summed E-state index contributed by atoms with van der Waals surface area (Å²) in [6, 6.07) is 3.58. The molecule has 2 aromatic heterocycles. The Hall–Kier alpha value is -2.70. The van der Waals surface area contributed by atoms with Crippen LogP contribution < -0.4 is 5.32 Å². The zero-order valence-corrected chi connectivity index (χ0v) is 14.1. The number of aryl methyl sites for hydroxylation is 1. The molecule has 25 heavy (non-hydrogen) atoms. The number of carbonyl (C=O) groups excluding carboxylic acids is 1. The van der Waals surface area contributed by atoms with Crippen molar-refractivity contribution in [2.24, 2.45) is 0 Å². The Kier molecular flexibility index (Phi) is 4.83. The molecule has 132 valence electrons. The summed E-state index contributed by atoms with van der Waals surface area (Å²) in [5, 5.41) is 7.51. The summed E-state index contributed by atoms with van der Waals surface area (Å²) < 4.78 is 29.0. The highest BCUT2D eigenvalue weighted by atomic mass is 19.1. The van der Waals surface area contributed by atoms with E-state index in [1.165, 1.54) is 6.07 Å². The highest BCUT2D eigenvalue weighted by Gasteiger charge is 2.19. The smallest absolute Gasteiger partial charge is 0.244 e. The molecule has 5 nitrogen and oxygen atoms in total. The Morgan fingerprint density at radius 1 is 1.40 bits per heavy atom. The predicted molar refractivity (Wildman–Crippen MR) is 91.2 cm³/mol. The summed E-state index contributed by atoms with van der Waals surface area (Å²) >= 11 is 0. The fourth-order valence-electron chi connectivity index (χ4n) is 3.11. The number of halogens is 2. The minimum Gasteiger partial charge on any atom is -0.356 e. The molecule has 0 unspecified atom stereocenters. The van der Waals surface area contributed by atoms with Gasteiger partial charge in [0, 0.05) is 36.1 Å². The number of benzene rings is 1. The van der Waals surface area contributed by atoms with Crippen molar-refractivity contribution in [1.82, 2.24) is 20.1 Å². The Balaban J connectivity index is 1.71. The third-order valence-electron chi connectivity index (χ3n) is 4.35. The minimum atomic E-state index is -0.613. The zero-order chi connectivity index (χ0) is 18.0. The number of amides is 1. The fraction of sp³-hybridized carbons (Fsp3) is 0.333. The Morgan fingerprint density at radius 2 is 2.20 bits per heavy atom. The van der Waals surface area contributed by atoms with Gasteiger partial charge in [-0.25, -0.2) is 8.78 Å². The summed E-state index contributed by atoms with van der Waals surface area (Å²) in [5.74, 6) is -1.35. The molecule has 1 amide bonds. The van der Waals surface area contributed by atoms with Gasteiger partial charge in [-0.3, -0.25) is 9.48 Å². The largest absolute Gasteiger partial charge is 0.356 e. The summed E-state index contributed by atoms with van der Waals surface area (Å²) in [4.78, 5) is 15.3. The van der Waals surface area contributed by atoms with E-state index in [1.54, 1.807) is 23.1 Å². The third-order valence-corrected chi connectivity index (χ3v) is 4.35. The van der Waals surface area contributed by atoms with Gasteiger partial charge in [-0.05, 0) is 37.5 Å². The maximum Gasteiger partial charge on any atom is 0.244 e. The van der Waals surface area contributed by atoms with E-state index in [1.807, 2.05) is 13.8 Å². The van der Waals surface area contributed by atoms with Gasteiger partial charge in [-0.1, -0.05) is 6.92 Å². The maximum atomic E-state index is 13.8. The molecule has 0 spiro atoms. The lowest BCUT2D eigenvalue weighted by Crippen LogP contribution is -2.33. The molecule has 0 saturated carbocycles. The van der Waals surface area contributed by atoms with Crippen LogP contribution in [0.3, 0.4) is 0 Å². The van der Waals surface area contributed by atoms with Gasteiger partial charge in [0.2, 0.25) is 5.91 Å². The van der Waals surface area contributed by atoms with Crippen LogP contribution in [-0.2, 0) is 11.2 Å². The second-order valence-electron chi connectivity index (χ2n) is 5.99. The van der Waals surface area contributed by atoms with Crippen LogP contribution in [0, 0.1) is 18.6 Å². The third kappa shape index (κ3) is 3.40. The van der Waals surface area contributed by atoms with Gasteiger partial charge < -0.3 is 10.3 Å². The molecule has 0 radical (unpaired) electrons. The number of nitrogens with one attached hydrogen (secondary N) is 2. The topological polar surface area (TPSA) is 62.7 Å². The van der Waals surface area contributed by atoms with Gasteiger partial charge in [0.25, 0.3) is 0 Å². The van der Waals surface area contributed by atoms with Crippen LogP contribution in [0.5, 0.6) is 0 Å².